The Kier molecular flexibility index (Phi) is 4.12. The van der Waals surface area contributed by atoms with Gasteiger partial charge >= 0.3 is 0 Å². The lowest BCUT2D eigenvalue weighted by molar-refractivity contribution is 0.277. The molecular formula is C17H11FN6OS. The van der Waals surface area contributed by atoms with Gasteiger partial charge in [-0.25, -0.2) is 13.9 Å². The van der Waals surface area contributed by atoms with Crippen LogP contribution in [0.15, 0.2) is 52.9 Å². The van der Waals surface area contributed by atoms with E-state index in [9.17, 15) is 14.8 Å². The third kappa shape index (κ3) is 2.71. The Balaban J connectivity index is 1.93. The quantitative estimate of drug-likeness (QED) is 0.576. The summed E-state index contributed by atoms with van der Waals surface area (Å²) in [6.07, 6.45) is 6.30. The molecule has 0 radical (unpaired) electrons. The van der Waals surface area contributed by atoms with Crippen LogP contribution in [0.3, 0.4) is 0 Å². The highest BCUT2D eigenvalue weighted by Gasteiger charge is 2.17. The van der Waals surface area contributed by atoms with Crippen LogP contribution in [0.4, 0.5) is 4.39 Å². The molecule has 0 bridgehead atoms. The van der Waals surface area contributed by atoms with Gasteiger partial charge in [0.25, 0.3) is 0 Å². The minimum Gasteiger partial charge on any atom is -0.390 e. The van der Waals surface area contributed by atoms with Crippen LogP contribution in [0, 0.1) is 17.1 Å². The molecule has 4 heterocycles. The standard InChI is InChI=1S/C17H11FN6OS/c18-13-2-1-3-20-17(13)26-15-4-10(12-7-21-23-14(12)9-25)8-24-16(15)11(5-19)6-22-24/h1-4,6-8,25H,9H2,(H,21,23). The molecule has 2 N–H and O–H groups in total. The monoisotopic (exact) mass is 366 g/mol. The van der Waals surface area contributed by atoms with E-state index in [0.29, 0.717) is 27.2 Å². The molecule has 0 aromatic carbocycles. The van der Waals surface area contributed by atoms with Gasteiger partial charge in [0.2, 0.25) is 0 Å². The minimum atomic E-state index is -0.446. The van der Waals surface area contributed by atoms with Gasteiger partial charge in [-0.3, -0.25) is 5.10 Å². The van der Waals surface area contributed by atoms with E-state index in [0.717, 1.165) is 17.3 Å². The topological polar surface area (TPSA) is 103 Å². The molecule has 0 spiro atoms. The van der Waals surface area contributed by atoms with Crippen molar-refractivity contribution in [1.29, 1.82) is 5.26 Å². The number of nitrogens with zero attached hydrogens (tertiary/aromatic N) is 5. The molecule has 4 aromatic rings. The molecule has 128 valence electrons. The summed E-state index contributed by atoms with van der Waals surface area (Å²) in [6, 6.07) is 6.75. The van der Waals surface area contributed by atoms with Crippen molar-refractivity contribution in [2.75, 3.05) is 0 Å². The second-order valence-corrected chi connectivity index (χ2v) is 6.40. The van der Waals surface area contributed by atoms with Gasteiger partial charge in [0.1, 0.15) is 11.1 Å². The molecule has 0 saturated heterocycles. The van der Waals surface area contributed by atoms with Crippen molar-refractivity contribution in [3.05, 3.63) is 60.1 Å². The molecule has 4 rings (SSSR count). The van der Waals surface area contributed by atoms with Gasteiger partial charge in [-0.1, -0.05) is 11.8 Å². The summed E-state index contributed by atoms with van der Waals surface area (Å²) in [5.74, 6) is -0.446. The predicted molar refractivity (Wildman–Crippen MR) is 91.7 cm³/mol. The van der Waals surface area contributed by atoms with E-state index in [1.807, 2.05) is 0 Å². The first-order valence-electron chi connectivity index (χ1n) is 7.54. The number of hydrogen-bond acceptors (Lipinski definition) is 6. The fourth-order valence-electron chi connectivity index (χ4n) is 2.62. The first kappa shape index (κ1) is 16.3. The summed E-state index contributed by atoms with van der Waals surface area (Å²) in [6.45, 7) is -0.201. The average Bonchev–Trinajstić information content (AvgIpc) is 3.29. The molecule has 26 heavy (non-hydrogen) atoms. The highest BCUT2D eigenvalue weighted by Crippen LogP contribution is 2.36. The van der Waals surface area contributed by atoms with Crippen LogP contribution in [-0.4, -0.2) is 29.9 Å². The SMILES string of the molecule is N#Cc1cnn2cc(-c3cn[nH]c3CO)cc(Sc3ncccc3F)c12. The van der Waals surface area contributed by atoms with Gasteiger partial charge in [0, 0.05) is 28.4 Å². The molecule has 0 aliphatic carbocycles. The summed E-state index contributed by atoms with van der Waals surface area (Å²) >= 11 is 1.11. The lowest BCUT2D eigenvalue weighted by Crippen LogP contribution is -1.95. The minimum absolute atomic E-state index is 0.200. The molecule has 0 fully saturated rings. The third-order valence-electron chi connectivity index (χ3n) is 3.82. The zero-order chi connectivity index (χ0) is 18.1. The number of fused-ring (bicyclic) bond motifs is 1. The van der Waals surface area contributed by atoms with Crippen LogP contribution in [0.5, 0.6) is 0 Å². The number of aromatic amines is 1. The van der Waals surface area contributed by atoms with E-state index in [2.05, 4.69) is 26.3 Å². The Morgan fingerprint density at radius 1 is 1.38 bits per heavy atom. The summed E-state index contributed by atoms with van der Waals surface area (Å²) in [5, 5.41) is 29.9. The molecular weight excluding hydrogens is 355 g/mol. The zero-order valence-electron chi connectivity index (χ0n) is 13.2. The number of halogens is 1. The Morgan fingerprint density at radius 2 is 2.27 bits per heavy atom. The summed E-state index contributed by atoms with van der Waals surface area (Å²) in [4.78, 5) is 4.69. The maximum absolute atomic E-state index is 14.1. The van der Waals surface area contributed by atoms with Gasteiger partial charge in [0.05, 0.1) is 35.8 Å². The predicted octanol–water partition coefficient (Wildman–Crippen LogP) is 2.77. The van der Waals surface area contributed by atoms with Crippen LogP contribution in [-0.2, 0) is 6.61 Å². The second-order valence-electron chi connectivity index (χ2n) is 5.37. The van der Waals surface area contributed by atoms with E-state index >= 15 is 0 Å². The number of pyridine rings is 2. The van der Waals surface area contributed by atoms with Crippen LogP contribution in [0.1, 0.15) is 11.3 Å². The zero-order valence-corrected chi connectivity index (χ0v) is 14.0. The van der Waals surface area contributed by atoms with E-state index < -0.39 is 5.82 Å². The van der Waals surface area contributed by atoms with Crippen LogP contribution in [0.2, 0.25) is 0 Å². The van der Waals surface area contributed by atoms with Crippen LogP contribution >= 0.6 is 11.8 Å². The molecule has 0 saturated carbocycles. The first-order valence-corrected chi connectivity index (χ1v) is 8.36. The normalized spacial score (nSPS) is 11.0. The molecule has 4 aromatic heterocycles. The Hall–Kier alpha value is -3.22. The van der Waals surface area contributed by atoms with Gasteiger partial charge in [-0.2, -0.15) is 15.5 Å². The first-order chi connectivity index (χ1) is 12.7. The molecule has 0 aliphatic heterocycles. The molecule has 0 unspecified atom stereocenters. The average molecular weight is 366 g/mol. The van der Waals surface area contributed by atoms with E-state index in [4.69, 9.17) is 0 Å². The number of rotatable bonds is 4. The Bertz CT molecular complexity index is 1150. The fraction of sp³-hybridized carbons (Fsp3) is 0.0588. The number of H-pyrrole nitrogens is 1. The highest BCUT2D eigenvalue weighted by molar-refractivity contribution is 7.99. The fourth-order valence-corrected chi connectivity index (χ4v) is 3.60. The summed E-state index contributed by atoms with van der Waals surface area (Å²) < 4.78 is 15.6. The van der Waals surface area contributed by atoms with Crippen molar-refractivity contribution < 1.29 is 9.50 Å². The smallest absolute Gasteiger partial charge is 0.155 e. The number of aromatic nitrogens is 5. The largest absolute Gasteiger partial charge is 0.390 e. The van der Waals surface area contributed by atoms with Crippen LogP contribution < -0.4 is 0 Å². The third-order valence-corrected chi connectivity index (χ3v) is 4.84. The number of aliphatic hydroxyl groups is 1. The van der Waals surface area contributed by atoms with Crippen molar-refractivity contribution in [2.45, 2.75) is 16.5 Å². The molecule has 9 heteroatoms. The van der Waals surface area contributed by atoms with E-state index in [-0.39, 0.29) is 11.6 Å². The molecule has 7 nitrogen and oxygen atoms in total. The van der Waals surface area contributed by atoms with Crippen molar-refractivity contribution in [3.63, 3.8) is 0 Å². The summed E-state index contributed by atoms with van der Waals surface area (Å²) in [5.41, 5.74) is 2.93. The van der Waals surface area contributed by atoms with Crippen molar-refractivity contribution >= 4 is 17.3 Å². The van der Waals surface area contributed by atoms with E-state index in [1.54, 1.807) is 23.0 Å². The van der Waals surface area contributed by atoms with Gasteiger partial charge < -0.3 is 5.11 Å². The van der Waals surface area contributed by atoms with Gasteiger partial charge in [-0.15, -0.1) is 0 Å². The maximum atomic E-state index is 14.1. The van der Waals surface area contributed by atoms with Crippen LogP contribution in [0.25, 0.3) is 16.6 Å². The maximum Gasteiger partial charge on any atom is 0.155 e. The van der Waals surface area contributed by atoms with Gasteiger partial charge in [0.15, 0.2) is 5.82 Å². The van der Waals surface area contributed by atoms with Crippen molar-refractivity contribution in [1.82, 2.24) is 24.8 Å². The summed E-state index contributed by atoms with van der Waals surface area (Å²) in [7, 11) is 0. The number of nitrogens with one attached hydrogen (secondary N) is 1. The number of nitriles is 1. The van der Waals surface area contributed by atoms with Gasteiger partial charge in [-0.05, 0) is 18.2 Å². The lowest BCUT2D eigenvalue weighted by atomic mass is 10.1. The Morgan fingerprint density at radius 3 is 3.04 bits per heavy atom. The number of hydrogen-bond donors (Lipinski definition) is 2. The molecule has 0 atom stereocenters. The number of aliphatic hydroxyl groups excluding tert-OH is 1. The lowest BCUT2D eigenvalue weighted by Gasteiger charge is -2.09. The Labute approximate surface area is 151 Å². The van der Waals surface area contributed by atoms with Crippen molar-refractivity contribution in [2.24, 2.45) is 0 Å². The molecule has 0 aliphatic rings. The van der Waals surface area contributed by atoms with E-state index in [1.165, 1.54) is 24.5 Å². The second kappa shape index (κ2) is 6.59. The molecule has 0 amide bonds. The van der Waals surface area contributed by atoms with Crippen molar-refractivity contribution in [3.8, 4) is 17.2 Å². The highest BCUT2D eigenvalue weighted by atomic mass is 32.2.